The normalized spacial score (nSPS) is 21.1. The molecule has 0 unspecified atom stereocenters. The summed E-state index contributed by atoms with van der Waals surface area (Å²) in [5, 5.41) is 0. The lowest BCUT2D eigenvalue weighted by molar-refractivity contribution is 0.248. The number of aryl methyl sites for hydroxylation is 2. The predicted octanol–water partition coefficient (Wildman–Crippen LogP) is 7.74. The molecular formula is C24H40. The van der Waals surface area contributed by atoms with Crippen LogP contribution in [0.5, 0.6) is 0 Å². The molecule has 1 aliphatic rings. The Labute approximate surface area is 151 Å². The fraction of sp³-hybridized carbons (Fsp3) is 0.750. The van der Waals surface area contributed by atoms with E-state index < -0.39 is 0 Å². The van der Waals surface area contributed by atoms with Crippen LogP contribution in [0.15, 0.2) is 24.3 Å². The summed E-state index contributed by atoms with van der Waals surface area (Å²) < 4.78 is 0. The molecule has 0 heterocycles. The molecule has 0 amide bonds. The first-order chi connectivity index (χ1) is 11.8. The summed E-state index contributed by atoms with van der Waals surface area (Å²) in [5.41, 5.74) is 3.05. The van der Waals surface area contributed by atoms with E-state index >= 15 is 0 Å². The Morgan fingerprint density at radius 2 is 1.17 bits per heavy atom. The maximum absolute atomic E-state index is 2.37. The molecule has 0 N–H and O–H groups in total. The van der Waals surface area contributed by atoms with E-state index in [0.29, 0.717) is 0 Å². The van der Waals surface area contributed by atoms with E-state index in [-0.39, 0.29) is 0 Å². The van der Waals surface area contributed by atoms with Gasteiger partial charge in [-0.1, -0.05) is 109 Å². The van der Waals surface area contributed by atoms with Crippen LogP contribution in [0.4, 0.5) is 0 Å². The van der Waals surface area contributed by atoms with Gasteiger partial charge < -0.3 is 0 Å². The van der Waals surface area contributed by atoms with Crippen molar-refractivity contribution in [3.05, 3.63) is 35.4 Å². The molecule has 1 saturated carbocycles. The molecule has 0 nitrogen and oxygen atoms in total. The zero-order chi connectivity index (χ0) is 17.0. The van der Waals surface area contributed by atoms with Gasteiger partial charge in [0, 0.05) is 0 Å². The molecule has 1 fully saturated rings. The van der Waals surface area contributed by atoms with Crippen molar-refractivity contribution in [1.29, 1.82) is 0 Å². The van der Waals surface area contributed by atoms with Gasteiger partial charge in [-0.15, -0.1) is 0 Å². The minimum absolute atomic E-state index is 0.997. The molecule has 1 aromatic rings. The van der Waals surface area contributed by atoms with Gasteiger partial charge in [0.05, 0.1) is 0 Å². The van der Waals surface area contributed by atoms with Crippen LogP contribution in [-0.2, 0) is 12.8 Å². The molecular weight excluding hydrogens is 288 g/mol. The first-order valence-corrected chi connectivity index (χ1v) is 10.9. The highest BCUT2D eigenvalue weighted by Gasteiger charge is 2.20. The van der Waals surface area contributed by atoms with Gasteiger partial charge >= 0.3 is 0 Å². The van der Waals surface area contributed by atoms with E-state index in [1.165, 1.54) is 95.5 Å². The fourth-order valence-electron chi connectivity index (χ4n) is 4.38. The molecule has 136 valence electrons. The first kappa shape index (κ1) is 19.5. The summed E-state index contributed by atoms with van der Waals surface area (Å²) in [5.74, 6) is 2.05. The van der Waals surface area contributed by atoms with Crippen LogP contribution in [0.1, 0.15) is 102 Å². The van der Waals surface area contributed by atoms with Crippen LogP contribution in [-0.4, -0.2) is 0 Å². The second-order valence-electron chi connectivity index (χ2n) is 8.19. The van der Waals surface area contributed by atoms with Gasteiger partial charge in [0.2, 0.25) is 0 Å². The Morgan fingerprint density at radius 3 is 1.75 bits per heavy atom. The maximum atomic E-state index is 2.37. The predicted molar refractivity (Wildman–Crippen MR) is 108 cm³/mol. The lowest BCUT2D eigenvalue weighted by Crippen LogP contribution is -2.15. The standard InChI is InChI=1S/C24H40/c1-3-5-6-7-8-10-22-13-17-24(18-14-22)20-19-23-15-11-21(9-4-2)12-16-23/h11-12,15-16,22,24H,3-10,13-14,17-20H2,1-2H3. The quantitative estimate of drug-likeness (QED) is 0.364. The molecule has 1 aliphatic carbocycles. The van der Waals surface area contributed by atoms with Gasteiger partial charge in [0.15, 0.2) is 0 Å². The average Bonchev–Trinajstić information content (AvgIpc) is 2.62. The van der Waals surface area contributed by atoms with E-state index in [9.17, 15) is 0 Å². The smallest absolute Gasteiger partial charge is 0.0276 e. The SMILES string of the molecule is CCCCCCCC1CCC(CCc2ccc(CCC)cc2)CC1. The highest BCUT2D eigenvalue weighted by Crippen LogP contribution is 2.34. The summed E-state index contributed by atoms with van der Waals surface area (Å²) in [6, 6.07) is 9.42. The van der Waals surface area contributed by atoms with Crippen molar-refractivity contribution in [2.45, 2.75) is 104 Å². The molecule has 0 aliphatic heterocycles. The summed E-state index contributed by atoms with van der Waals surface area (Å²) in [4.78, 5) is 0. The molecule has 24 heavy (non-hydrogen) atoms. The average molecular weight is 329 g/mol. The zero-order valence-corrected chi connectivity index (χ0v) is 16.4. The number of unbranched alkanes of at least 4 members (excludes halogenated alkanes) is 4. The highest BCUT2D eigenvalue weighted by molar-refractivity contribution is 5.22. The lowest BCUT2D eigenvalue weighted by atomic mass is 9.77. The van der Waals surface area contributed by atoms with Crippen LogP contribution in [0.3, 0.4) is 0 Å². The van der Waals surface area contributed by atoms with Gasteiger partial charge in [-0.2, -0.15) is 0 Å². The second-order valence-corrected chi connectivity index (χ2v) is 8.19. The van der Waals surface area contributed by atoms with Crippen LogP contribution in [0, 0.1) is 11.8 Å². The van der Waals surface area contributed by atoms with E-state index in [0.717, 1.165) is 11.8 Å². The minimum Gasteiger partial charge on any atom is -0.0654 e. The number of benzene rings is 1. The van der Waals surface area contributed by atoms with Crippen molar-refractivity contribution < 1.29 is 0 Å². The monoisotopic (exact) mass is 328 g/mol. The summed E-state index contributed by atoms with van der Waals surface area (Å²) in [6.45, 7) is 4.57. The Kier molecular flexibility index (Phi) is 9.54. The van der Waals surface area contributed by atoms with Crippen molar-refractivity contribution >= 4 is 0 Å². The Hall–Kier alpha value is -0.780. The molecule has 2 rings (SSSR count). The van der Waals surface area contributed by atoms with Crippen molar-refractivity contribution in [1.82, 2.24) is 0 Å². The van der Waals surface area contributed by atoms with Gasteiger partial charge in [0.25, 0.3) is 0 Å². The first-order valence-electron chi connectivity index (χ1n) is 10.9. The Bertz CT molecular complexity index is 408. The van der Waals surface area contributed by atoms with Crippen LogP contribution >= 0.6 is 0 Å². The van der Waals surface area contributed by atoms with Gasteiger partial charge in [-0.3, -0.25) is 0 Å². The van der Waals surface area contributed by atoms with E-state index in [1.54, 1.807) is 5.56 Å². The summed E-state index contributed by atoms with van der Waals surface area (Å²) in [6.07, 6.45) is 19.9. The maximum Gasteiger partial charge on any atom is -0.0276 e. The van der Waals surface area contributed by atoms with Crippen molar-refractivity contribution in [2.24, 2.45) is 11.8 Å². The lowest BCUT2D eigenvalue weighted by Gasteiger charge is -2.28. The highest BCUT2D eigenvalue weighted by atomic mass is 14.3. The van der Waals surface area contributed by atoms with E-state index in [2.05, 4.69) is 38.1 Å². The number of hydrogen-bond donors (Lipinski definition) is 0. The van der Waals surface area contributed by atoms with Crippen LogP contribution in [0.2, 0.25) is 0 Å². The summed E-state index contributed by atoms with van der Waals surface area (Å²) in [7, 11) is 0. The third-order valence-electron chi connectivity index (χ3n) is 6.09. The van der Waals surface area contributed by atoms with Gasteiger partial charge in [-0.25, -0.2) is 0 Å². The minimum atomic E-state index is 0.997. The van der Waals surface area contributed by atoms with Gasteiger partial charge in [0.1, 0.15) is 0 Å². The van der Waals surface area contributed by atoms with Crippen LogP contribution < -0.4 is 0 Å². The molecule has 0 saturated heterocycles. The Balaban J connectivity index is 1.57. The van der Waals surface area contributed by atoms with E-state index in [4.69, 9.17) is 0 Å². The second kappa shape index (κ2) is 11.7. The Morgan fingerprint density at radius 1 is 0.625 bits per heavy atom. The summed E-state index contributed by atoms with van der Waals surface area (Å²) >= 11 is 0. The molecule has 1 aromatic carbocycles. The van der Waals surface area contributed by atoms with Gasteiger partial charge in [-0.05, 0) is 42.2 Å². The zero-order valence-electron chi connectivity index (χ0n) is 16.4. The number of hydrogen-bond acceptors (Lipinski definition) is 0. The van der Waals surface area contributed by atoms with Crippen molar-refractivity contribution in [2.75, 3.05) is 0 Å². The molecule has 0 aromatic heterocycles. The topological polar surface area (TPSA) is 0 Å². The van der Waals surface area contributed by atoms with Crippen LogP contribution in [0.25, 0.3) is 0 Å². The fourth-order valence-corrected chi connectivity index (χ4v) is 4.38. The molecule has 0 spiro atoms. The number of rotatable bonds is 11. The van der Waals surface area contributed by atoms with E-state index in [1.807, 2.05) is 0 Å². The molecule has 0 radical (unpaired) electrons. The third kappa shape index (κ3) is 7.41. The van der Waals surface area contributed by atoms with Crippen molar-refractivity contribution in [3.8, 4) is 0 Å². The largest absolute Gasteiger partial charge is 0.0654 e. The third-order valence-corrected chi connectivity index (χ3v) is 6.09. The molecule has 0 bridgehead atoms. The molecule has 0 atom stereocenters. The molecule has 0 heteroatoms. The van der Waals surface area contributed by atoms with Crippen molar-refractivity contribution in [3.63, 3.8) is 0 Å².